The van der Waals surface area contributed by atoms with Crippen molar-refractivity contribution < 1.29 is 13.5 Å². The minimum absolute atomic E-state index is 0.0282. The van der Waals surface area contributed by atoms with Crippen LogP contribution >= 0.6 is 0 Å². The highest BCUT2D eigenvalue weighted by Crippen LogP contribution is 2.30. The van der Waals surface area contributed by atoms with Crippen molar-refractivity contribution in [3.05, 3.63) is 81.7 Å². The molecule has 0 saturated heterocycles. The molecule has 4 N–H and O–H groups in total. The van der Waals surface area contributed by atoms with Crippen molar-refractivity contribution in [2.24, 2.45) is 0 Å². The van der Waals surface area contributed by atoms with Gasteiger partial charge in [0.2, 0.25) is 0 Å². The van der Waals surface area contributed by atoms with E-state index >= 15 is 0 Å². The van der Waals surface area contributed by atoms with Crippen molar-refractivity contribution in [1.29, 1.82) is 5.41 Å². The van der Waals surface area contributed by atoms with Crippen molar-refractivity contribution in [2.75, 3.05) is 18.2 Å². The number of methoxy groups -OCH3 is 1. The van der Waals surface area contributed by atoms with E-state index < -0.39 is 17.2 Å². The number of halogens is 2. The van der Waals surface area contributed by atoms with Gasteiger partial charge in [0.1, 0.15) is 35.0 Å². The van der Waals surface area contributed by atoms with Crippen LogP contribution in [0.2, 0.25) is 0 Å². The first-order chi connectivity index (χ1) is 17.9. The van der Waals surface area contributed by atoms with Gasteiger partial charge in [0.05, 0.1) is 30.4 Å². The number of fused-ring (bicyclic) bond motifs is 1. The first-order valence-corrected chi connectivity index (χ1v) is 11.9. The molecule has 190 valence electrons. The van der Waals surface area contributed by atoms with Crippen LogP contribution in [-0.4, -0.2) is 32.3 Å². The van der Waals surface area contributed by atoms with Crippen LogP contribution in [0, 0.1) is 17.0 Å². The number of benzene rings is 2. The molecule has 1 aliphatic rings. The standard InChI is InChI=1S/C26H25F2N7O2/c1-37-19-10-9-14(11-17(19)28)23(29)22-24(30)32-13-33-25(22)31-12-20-34-18-8-4-7-16(27)21(18)26(36)35(20)15-5-2-3-6-15/h4,7-11,13,15,29H,2-3,5-6,12H2,1H3,(H3,30,31,32,33). The molecule has 2 aromatic heterocycles. The fourth-order valence-corrected chi connectivity index (χ4v) is 4.82. The van der Waals surface area contributed by atoms with Gasteiger partial charge in [-0.2, -0.15) is 0 Å². The molecule has 2 heterocycles. The van der Waals surface area contributed by atoms with Gasteiger partial charge in [-0.05, 0) is 43.2 Å². The predicted molar refractivity (Wildman–Crippen MR) is 136 cm³/mol. The Labute approximate surface area is 210 Å². The van der Waals surface area contributed by atoms with E-state index in [1.807, 2.05) is 0 Å². The maximum absolute atomic E-state index is 14.6. The van der Waals surface area contributed by atoms with E-state index in [9.17, 15) is 13.6 Å². The molecule has 4 aromatic rings. The first kappa shape index (κ1) is 24.3. The summed E-state index contributed by atoms with van der Waals surface area (Å²) in [5, 5.41) is 11.8. The van der Waals surface area contributed by atoms with E-state index in [1.54, 1.807) is 10.6 Å². The Hall–Kier alpha value is -4.41. The molecule has 0 unspecified atom stereocenters. The van der Waals surface area contributed by atoms with Crippen LogP contribution in [0.4, 0.5) is 20.4 Å². The zero-order valence-electron chi connectivity index (χ0n) is 20.1. The molecule has 9 nitrogen and oxygen atoms in total. The Morgan fingerprint density at radius 1 is 1.19 bits per heavy atom. The van der Waals surface area contributed by atoms with Gasteiger partial charge in [0.15, 0.2) is 11.6 Å². The third-order valence-electron chi connectivity index (χ3n) is 6.62. The third-order valence-corrected chi connectivity index (χ3v) is 6.62. The number of hydrogen-bond donors (Lipinski definition) is 3. The summed E-state index contributed by atoms with van der Waals surface area (Å²) in [6.07, 6.45) is 4.79. The maximum atomic E-state index is 14.6. The Kier molecular flexibility index (Phi) is 6.51. The average molecular weight is 506 g/mol. The SMILES string of the molecule is COc1ccc(C(=N)c2c(N)ncnc2NCc2nc3cccc(F)c3c(=O)n2C2CCCC2)cc1F. The van der Waals surface area contributed by atoms with Crippen molar-refractivity contribution in [2.45, 2.75) is 38.3 Å². The minimum Gasteiger partial charge on any atom is -0.494 e. The Bertz CT molecular complexity index is 1570. The Balaban J connectivity index is 1.53. The fraction of sp³-hybridized carbons (Fsp3) is 0.269. The number of hydrogen-bond acceptors (Lipinski definition) is 8. The van der Waals surface area contributed by atoms with Gasteiger partial charge in [0.25, 0.3) is 5.56 Å². The van der Waals surface area contributed by atoms with Crippen LogP contribution in [0.25, 0.3) is 10.9 Å². The molecular weight excluding hydrogens is 480 g/mol. The van der Waals surface area contributed by atoms with Gasteiger partial charge in [-0.15, -0.1) is 0 Å². The van der Waals surface area contributed by atoms with Crippen LogP contribution < -0.4 is 21.3 Å². The number of nitrogens with two attached hydrogens (primary N) is 1. The molecule has 1 aliphatic carbocycles. The molecule has 2 aromatic carbocycles. The summed E-state index contributed by atoms with van der Waals surface area (Å²) >= 11 is 0. The summed E-state index contributed by atoms with van der Waals surface area (Å²) in [5.41, 5.74) is 6.28. The summed E-state index contributed by atoms with van der Waals surface area (Å²) in [6, 6.07) is 8.42. The van der Waals surface area contributed by atoms with Crippen LogP contribution in [0.1, 0.15) is 48.7 Å². The second-order valence-electron chi connectivity index (χ2n) is 8.84. The maximum Gasteiger partial charge on any atom is 0.264 e. The van der Waals surface area contributed by atoms with E-state index in [0.717, 1.165) is 25.7 Å². The highest BCUT2D eigenvalue weighted by Gasteiger charge is 2.24. The molecule has 11 heteroatoms. The molecule has 0 bridgehead atoms. The highest BCUT2D eigenvalue weighted by atomic mass is 19.1. The van der Waals surface area contributed by atoms with Crippen molar-refractivity contribution in [1.82, 2.24) is 19.5 Å². The van der Waals surface area contributed by atoms with Crippen molar-refractivity contribution in [3.8, 4) is 5.75 Å². The number of ether oxygens (including phenoxy) is 1. The monoisotopic (exact) mass is 505 g/mol. The Morgan fingerprint density at radius 2 is 1.97 bits per heavy atom. The Morgan fingerprint density at radius 3 is 2.70 bits per heavy atom. The largest absolute Gasteiger partial charge is 0.494 e. The summed E-state index contributed by atoms with van der Waals surface area (Å²) in [7, 11) is 1.36. The minimum atomic E-state index is -0.622. The number of aromatic nitrogens is 4. The van der Waals surface area contributed by atoms with Crippen LogP contribution in [-0.2, 0) is 6.54 Å². The normalized spacial score (nSPS) is 13.7. The number of rotatable bonds is 7. The van der Waals surface area contributed by atoms with Gasteiger partial charge >= 0.3 is 0 Å². The van der Waals surface area contributed by atoms with Crippen LogP contribution in [0.3, 0.4) is 0 Å². The van der Waals surface area contributed by atoms with Gasteiger partial charge in [0, 0.05) is 11.6 Å². The molecule has 1 saturated carbocycles. The lowest BCUT2D eigenvalue weighted by atomic mass is 10.0. The van der Waals surface area contributed by atoms with Crippen LogP contribution in [0.15, 0.2) is 47.5 Å². The topological polar surface area (TPSA) is 132 Å². The fourth-order valence-electron chi connectivity index (χ4n) is 4.82. The number of nitrogens with one attached hydrogen (secondary N) is 2. The third kappa shape index (κ3) is 4.48. The van der Waals surface area contributed by atoms with E-state index in [-0.39, 0.29) is 57.7 Å². The van der Waals surface area contributed by atoms with Crippen molar-refractivity contribution >= 4 is 28.3 Å². The lowest BCUT2D eigenvalue weighted by Crippen LogP contribution is -2.30. The van der Waals surface area contributed by atoms with E-state index in [2.05, 4.69) is 20.3 Å². The average Bonchev–Trinajstić information content (AvgIpc) is 3.41. The first-order valence-electron chi connectivity index (χ1n) is 11.9. The lowest BCUT2D eigenvalue weighted by Gasteiger charge is -2.20. The molecule has 1 fully saturated rings. The number of anilines is 2. The number of nitrogen functional groups attached to an aromatic ring is 1. The van der Waals surface area contributed by atoms with E-state index in [0.29, 0.717) is 5.82 Å². The quantitative estimate of drug-likeness (QED) is 0.321. The van der Waals surface area contributed by atoms with Crippen molar-refractivity contribution in [3.63, 3.8) is 0 Å². The predicted octanol–water partition coefficient (Wildman–Crippen LogP) is 4.20. The summed E-state index contributed by atoms with van der Waals surface area (Å²) in [5.74, 6) is -0.507. The van der Waals surface area contributed by atoms with E-state index in [1.165, 1.54) is 43.8 Å². The molecule has 0 atom stereocenters. The molecule has 5 rings (SSSR count). The van der Waals surface area contributed by atoms with Gasteiger partial charge < -0.3 is 15.8 Å². The molecule has 0 aliphatic heterocycles. The second kappa shape index (κ2) is 9.92. The number of nitrogens with zero attached hydrogens (tertiary/aromatic N) is 4. The lowest BCUT2D eigenvalue weighted by molar-refractivity contribution is 0.386. The second-order valence-corrected chi connectivity index (χ2v) is 8.84. The zero-order valence-corrected chi connectivity index (χ0v) is 20.1. The molecule has 0 radical (unpaired) electrons. The molecule has 0 amide bonds. The molecule has 37 heavy (non-hydrogen) atoms. The highest BCUT2D eigenvalue weighted by molar-refractivity contribution is 6.16. The molecular formula is C26H25F2N7O2. The van der Waals surface area contributed by atoms with Gasteiger partial charge in [-0.25, -0.2) is 23.7 Å². The van der Waals surface area contributed by atoms with Gasteiger partial charge in [-0.1, -0.05) is 18.9 Å². The zero-order chi connectivity index (χ0) is 26.1. The summed E-state index contributed by atoms with van der Waals surface area (Å²) in [6.45, 7) is 0.0614. The van der Waals surface area contributed by atoms with Gasteiger partial charge in [-0.3, -0.25) is 14.8 Å². The smallest absolute Gasteiger partial charge is 0.264 e. The molecule has 0 spiro atoms. The summed E-state index contributed by atoms with van der Waals surface area (Å²) < 4.78 is 35.4. The van der Waals surface area contributed by atoms with E-state index in [4.69, 9.17) is 15.9 Å². The summed E-state index contributed by atoms with van der Waals surface area (Å²) in [4.78, 5) is 26.3. The van der Waals surface area contributed by atoms with Crippen LogP contribution in [0.5, 0.6) is 5.75 Å².